The highest BCUT2D eigenvalue weighted by Gasteiger charge is 2.30. The van der Waals surface area contributed by atoms with Crippen molar-refractivity contribution in [3.63, 3.8) is 0 Å². The van der Waals surface area contributed by atoms with E-state index in [0.717, 1.165) is 102 Å². The normalized spacial score (nSPS) is 14.0. The number of esters is 4. The van der Waals surface area contributed by atoms with Crippen molar-refractivity contribution >= 4 is 39.5 Å². The van der Waals surface area contributed by atoms with E-state index in [9.17, 15) is 43.2 Å². The number of phosphoric acid groups is 2. The molecule has 0 saturated carbocycles. The average molecular weight is 1380 g/mol. The fourth-order valence-electron chi connectivity index (χ4n) is 11.5. The molecule has 17 nitrogen and oxygen atoms in total. The van der Waals surface area contributed by atoms with Crippen LogP contribution >= 0.6 is 15.6 Å². The predicted octanol–water partition coefficient (Wildman–Crippen LogP) is 21.9. The second-order valence-electron chi connectivity index (χ2n) is 28.0. The van der Waals surface area contributed by atoms with Crippen LogP contribution in [0.2, 0.25) is 0 Å². The highest BCUT2D eigenvalue weighted by Crippen LogP contribution is 2.45. The van der Waals surface area contributed by atoms with Crippen LogP contribution in [-0.2, 0) is 65.4 Å². The Balaban J connectivity index is 5.27. The second-order valence-corrected chi connectivity index (χ2v) is 30.9. The zero-order valence-corrected chi connectivity index (χ0v) is 63.1. The van der Waals surface area contributed by atoms with Gasteiger partial charge in [-0.25, -0.2) is 9.13 Å². The van der Waals surface area contributed by atoms with Crippen molar-refractivity contribution in [2.75, 3.05) is 39.6 Å². The average Bonchev–Trinajstić information content (AvgIpc) is 1.43. The first-order valence-corrected chi connectivity index (χ1v) is 42.0. The Hall–Kier alpha value is -1.94. The van der Waals surface area contributed by atoms with E-state index in [-0.39, 0.29) is 25.7 Å². The lowest BCUT2D eigenvalue weighted by Crippen LogP contribution is -2.30. The van der Waals surface area contributed by atoms with Gasteiger partial charge in [-0.05, 0) is 37.5 Å². The van der Waals surface area contributed by atoms with Crippen LogP contribution in [0.1, 0.15) is 388 Å². The van der Waals surface area contributed by atoms with E-state index in [0.29, 0.717) is 25.7 Å². The van der Waals surface area contributed by atoms with Crippen LogP contribution in [0.15, 0.2) is 0 Å². The van der Waals surface area contributed by atoms with Gasteiger partial charge in [-0.15, -0.1) is 0 Å². The maximum Gasteiger partial charge on any atom is 0.472 e. The van der Waals surface area contributed by atoms with Gasteiger partial charge in [-0.2, -0.15) is 0 Å². The van der Waals surface area contributed by atoms with Crippen LogP contribution in [-0.4, -0.2) is 96.7 Å². The van der Waals surface area contributed by atoms with Crippen molar-refractivity contribution in [2.45, 2.75) is 407 Å². The number of carbonyl (C=O) groups excluding carboxylic acids is 4. The van der Waals surface area contributed by atoms with Gasteiger partial charge in [0.2, 0.25) is 0 Å². The summed E-state index contributed by atoms with van der Waals surface area (Å²) in [5.41, 5.74) is 0. The SMILES string of the molecule is CCCCCCCCCCCCCCCC(=O)OC[C@H](COP(=O)(O)OC[C@H](O)COP(=O)(O)OC[C@@H](COC(=O)CCCCCCCCCCCCC(C)C)OC(=O)CCCCCCCCCCCCCCC(C)C)OC(=O)CCCCCCCCCCCCCCC. The molecule has 5 atom stereocenters. The maximum absolute atomic E-state index is 13.1. The quantitative estimate of drug-likeness (QED) is 0.0222. The van der Waals surface area contributed by atoms with Crippen LogP contribution < -0.4 is 0 Å². The Kier molecular flexibility index (Phi) is 65.5. The Morgan fingerprint density at radius 2 is 0.489 bits per heavy atom. The van der Waals surface area contributed by atoms with Gasteiger partial charge in [0.05, 0.1) is 26.4 Å². The van der Waals surface area contributed by atoms with E-state index < -0.39 is 97.5 Å². The molecule has 0 amide bonds. The molecule has 94 heavy (non-hydrogen) atoms. The van der Waals surface area contributed by atoms with E-state index in [1.54, 1.807) is 0 Å². The van der Waals surface area contributed by atoms with Crippen LogP contribution in [0.25, 0.3) is 0 Å². The Bertz CT molecular complexity index is 1820. The van der Waals surface area contributed by atoms with Crippen LogP contribution in [0.3, 0.4) is 0 Å². The number of aliphatic hydroxyl groups excluding tert-OH is 1. The van der Waals surface area contributed by atoms with Gasteiger partial charge < -0.3 is 33.8 Å². The molecule has 3 N–H and O–H groups in total. The number of hydrogen-bond acceptors (Lipinski definition) is 15. The lowest BCUT2D eigenvalue weighted by molar-refractivity contribution is -0.161. The van der Waals surface area contributed by atoms with E-state index in [1.807, 2.05) is 0 Å². The molecule has 0 radical (unpaired) electrons. The molecule has 0 aliphatic rings. The van der Waals surface area contributed by atoms with Gasteiger partial charge in [-0.3, -0.25) is 37.3 Å². The van der Waals surface area contributed by atoms with Crippen molar-refractivity contribution in [1.82, 2.24) is 0 Å². The number of rotatable bonds is 74. The first-order chi connectivity index (χ1) is 45.4. The minimum absolute atomic E-state index is 0.107. The zero-order chi connectivity index (χ0) is 69.3. The molecule has 19 heteroatoms. The molecule has 0 rings (SSSR count). The summed E-state index contributed by atoms with van der Waals surface area (Å²) in [5, 5.41) is 10.6. The van der Waals surface area contributed by atoms with Gasteiger partial charge in [0.25, 0.3) is 0 Å². The third-order valence-corrected chi connectivity index (χ3v) is 19.4. The fourth-order valence-corrected chi connectivity index (χ4v) is 13.1. The first-order valence-electron chi connectivity index (χ1n) is 39.0. The van der Waals surface area contributed by atoms with Crippen molar-refractivity contribution < 1.29 is 80.2 Å². The number of ether oxygens (including phenoxy) is 4. The molecule has 0 heterocycles. The largest absolute Gasteiger partial charge is 0.472 e. The first kappa shape index (κ1) is 92.1. The standard InChI is InChI=1S/C75H146O17P2/c1-7-9-11-13-15-17-19-21-26-33-39-45-51-57-72(77)85-63-70(91-74(79)59-53-47-41-35-27-22-20-18-16-14-12-10-8-2)65-89-93(81,82)87-61-69(76)62-88-94(83,84)90-66-71(64-86-73(78)58-52-46-40-34-30-29-32-38-44-50-56-68(5)6)92-75(80)60-54-48-42-36-28-24-23-25-31-37-43-49-55-67(3)4/h67-71,76H,7-66H2,1-6H3,(H,81,82)(H,83,84)/t69-,70+,71+/m0/s1. The van der Waals surface area contributed by atoms with Crippen molar-refractivity contribution in [3.8, 4) is 0 Å². The van der Waals surface area contributed by atoms with Crippen LogP contribution in [0.5, 0.6) is 0 Å². The van der Waals surface area contributed by atoms with Gasteiger partial charge >= 0.3 is 39.5 Å². The second kappa shape index (κ2) is 66.9. The molecule has 2 unspecified atom stereocenters. The molecule has 0 fully saturated rings. The number of unbranched alkanes of at least 4 members (excludes halogenated alkanes) is 44. The van der Waals surface area contributed by atoms with Gasteiger partial charge in [0.15, 0.2) is 12.2 Å². The smallest absolute Gasteiger partial charge is 0.462 e. The molecule has 558 valence electrons. The molecule has 0 spiro atoms. The van der Waals surface area contributed by atoms with E-state index in [4.69, 9.17) is 37.0 Å². The van der Waals surface area contributed by atoms with E-state index >= 15 is 0 Å². The number of carbonyl (C=O) groups is 4. The minimum atomic E-state index is -4.96. The lowest BCUT2D eigenvalue weighted by Gasteiger charge is -2.21. The molecule has 0 aromatic rings. The van der Waals surface area contributed by atoms with E-state index in [2.05, 4.69) is 41.5 Å². The minimum Gasteiger partial charge on any atom is -0.462 e. The summed E-state index contributed by atoms with van der Waals surface area (Å²) in [6, 6.07) is 0. The monoisotopic (exact) mass is 1380 g/mol. The molecule has 0 aliphatic heterocycles. The van der Waals surface area contributed by atoms with Gasteiger partial charge in [0.1, 0.15) is 19.3 Å². The molecular weight excluding hydrogens is 1230 g/mol. The topological polar surface area (TPSA) is 237 Å². The molecule has 0 bridgehead atoms. The summed E-state index contributed by atoms with van der Waals surface area (Å²) >= 11 is 0. The molecule has 0 aliphatic carbocycles. The summed E-state index contributed by atoms with van der Waals surface area (Å²) in [7, 11) is -9.91. The summed E-state index contributed by atoms with van der Waals surface area (Å²) < 4.78 is 68.5. The molecule has 0 aromatic carbocycles. The van der Waals surface area contributed by atoms with Gasteiger partial charge in [0, 0.05) is 25.7 Å². The van der Waals surface area contributed by atoms with Gasteiger partial charge in [-0.1, -0.05) is 337 Å². The van der Waals surface area contributed by atoms with Crippen LogP contribution in [0.4, 0.5) is 0 Å². The summed E-state index contributed by atoms with van der Waals surface area (Å²) in [4.78, 5) is 72.8. The fraction of sp³-hybridized carbons (Fsp3) is 0.947. The maximum atomic E-state index is 13.1. The number of aliphatic hydroxyl groups is 1. The lowest BCUT2D eigenvalue weighted by atomic mass is 10.0. The molecule has 0 aromatic heterocycles. The predicted molar refractivity (Wildman–Crippen MR) is 381 cm³/mol. The molecule has 0 saturated heterocycles. The number of hydrogen-bond donors (Lipinski definition) is 3. The Morgan fingerprint density at radius 1 is 0.287 bits per heavy atom. The Morgan fingerprint density at radius 3 is 0.723 bits per heavy atom. The van der Waals surface area contributed by atoms with Crippen molar-refractivity contribution in [1.29, 1.82) is 0 Å². The summed E-state index contributed by atoms with van der Waals surface area (Å²) in [6.45, 7) is 9.60. The van der Waals surface area contributed by atoms with Crippen LogP contribution in [0, 0.1) is 11.8 Å². The third-order valence-electron chi connectivity index (χ3n) is 17.5. The highest BCUT2D eigenvalue weighted by atomic mass is 31.2. The number of phosphoric ester groups is 2. The van der Waals surface area contributed by atoms with Crippen molar-refractivity contribution in [2.24, 2.45) is 11.8 Å². The summed E-state index contributed by atoms with van der Waals surface area (Å²) in [5.74, 6) is -0.579. The zero-order valence-electron chi connectivity index (χ0n) is 61.3. The highest BCUT2D eigenvalue weighted by molar-refractivity contribution is 7.47. The third kappa shape index (κ3) is 68.6. The molecular formula is C75H146O17P2. The Labute approximate surface area is 575 Å². The summed E-state index contributed by atoms with van der Waals surface area (Å²) in [6.07, 6.45) is 53.9. The van der Waals surface area contributed by atoms with Crippen molar-refractivity contribution in [3.05, 3.63) is 0 Å². The van der Waals surface area contributed by atoms with E-state index in [1.165, 1.54) is 205 Å².